The first-order chi connectivity index (χ1) is 11.7. The molecule has 1 saturated heterocycles. The number of hydrogen-bond donors (Lipinski definition) is 3. The molecule has 12 heteroatoms. The third kappa shape index (κ3) is 3.57. The summed E-state index contributed by atoms with van der Waals surface area (Å²) in [5.41, 5.74) is 0.715. The summed E-state index contributed by atoms with van der Waals surface area (Å²) >= 11 is 0. The van der Waals surface area contributed by atoms with E-state index in [0.29, 0.717) is 12.4 Å². The van der Waals surface area contributed by atoms with Crippen molar-refractivity contribution in [1.82, 2.24) is 14.5 Å². The largest absolute Gasteiger partial charge is 0.469 e. The first-order valence-electron chi connectivity index (χ1n) is 7.71. The van der Waals surface area contributed by atoms with Crippen molar-refractivity contribution < 1.29 is 28.7 Å². The number of phosphoric acid groups is 1. The first-order valence-corrected chi connectivity index (χ1v) is 9.24. The molecule has 3 rings (SSSR count). The van der Waals surface area contributed by atoms with Crippen molar-refractivity contribution in [2.45, 2.75) is 24.9 Å². The number of nitrogens with zero attached hydrogens (tertiary/aromatic N) is 5. The van der Waals surface area contributed by atoms with Crippen molar-refractivity contribution in [3.63, 3.8) is 0 Å². The monoisotopic (exact) mass is 375 g/mol. The molecular formula is C13H22N5O6P. The Bertz CT molecular complexity index is 718. The minimum atomic E-state index is -4.61. The van der Waals surface area contributed by atoms with Crippen molar-refractivity contribution in [2.75, 3.05) is 39.3 Å². The highest BCUT2D eigenvalue weighted by atomic mass is 31.2. The predicted molar refractivity (Wildman–Crippen MR) is 88.3 cm³/mol. The Labute approximate surface area is 144 Å². The van der Waals surface area contributed by atoms with Crippen LogP contribution in [-0.2, 0) is 13.8 Å². The lowest BCUT2D eigenvalue weighted by molar-refractivity contribution is -0.0431. The predicted octanol–water partition coefficient (Wildman–Crippen LogP) is -0.644. The van der Waals surface area contributed by atoms with Gasteiger partial charge in [0.2, 0.25) is 0 Å². The van der Waals surface area contributed by atoms with Crippen LogP contribution in [0, 0.1) is 0 Å². The van der Waals surface area contributed by atoms with Crippen LogP contribution in [0.4, 0.5) is 5.82 Å². The Morgan fingerprint density at radius 3 is 2.80 bits per heavy atom. The molecule has 0 spiro atoms. The zero-order chi connectivity index (χ0) is 18.4. The number of phosphoric ester groups is 1. The molecule has 11 nitrogen and oxygen atoms in total. The Morgan fingerprint density at radius 1 is 1.44 bits per heavy atom. The zero-order valence-corrected chi connectivity index (χ0v) is 15.1. The molecule has 0 unspecified atom stereocenters. The smallest absolute Gasteiger partial charge is 0.390 e. The van der Waals surface area contributed by atoms with E-state index in [4.69, 9.17) is 14.5 Å². The number of aliphatic hydroxyl groups is 1. The summed E-state index contributed by atoms with van der Waals surface area (Å²) in [4.78, 5) is 30.3. The lowest BCUT2D eigenvalue weighted by Gasteiger charge is -2.34. The summed E-state index contributed by atoms with van der Waals surface area (Å²) in [5.74, 6) is 1.57. The van der Waals surface area contributed by atoms with E-state index in [0.717, 1.165) is 11.7 Å². The second kappa shape index (κ2) is 6.67. The second-order valence-electron chi connectivity index (χ2n) is 6.13. The third-order valence-electron chi connectivity index (χ3n) is 4.26. The van der Waals surface area contributed by atoms with Gasteiger partial charge in [0, 0.05) is 27.6 Å². The Balaban J connectivity index is 1.81. The third-order valence-corrected chi connectivity index (χ3v) is 4.75. The average Bonchev–Trinajstić information content (AvgIpc) is 3.09. The maximum atomic E-state index is 10.8. The standard InChI is InChI=1S/C13H22N5O6P/c1-14-12-11-13(17(3)7-16(12)2)18(6-15-11)10-4-8(19)9(24-10)5-23-25(20,21)22/h6,8-10,19H,4-5,7H2,1-3H3,(H2,20,21,22)/t8-,9+,10+/m0/s1. The van der Waals surface area contributed by atoms with E-state index in [9.17, 15) is 9.67 Å². The molecule has 3 heterocycles. The van der Waals surface area contributed by atoms with Gasteiger partial charge in [0.05, 0.1) is 25.7 Å². The lowest BCUT2D eigenvalue weighted by atomic mass is 10.2. The maximum absolute atomic E-state index is 10.8. The van der Waals surface area contributed by atoms with Crippen molar-refractivity contribution in [3.05, 3.63) is 12.0 Å². The molecule has 2 aliphatic rings. The fourth-order valence-electron chi connectivity index (χ4n) is 3.22. The van der Waals surface area contributed by atoms with Crippen LogP contribution < -0.4 is 4.90 Å². The molecule has 1 fully saturated rings. The summed E-state index contributed by atoms with van der Waals surface area (Å²) in [6.07, 6.45) is -0.354. The number of rotatable bonds is 4. The molecule has 1 aromatic heterocycles. The number of imidazole rings is 1. The summed E-state index contributed by atoms with van der Waals surface area (Å²) in [6.45, 7) is 0.227. The average molecular weight is 375 g/mol. The van der Waals surface area contributed by atoms with Gasteiger partial charge in [0.15, 0.2) is 5.84 Å². The Hall–Kier alpha value is -1.49. The number of ether oxygens (including phenoxy) is 1. The summed E-state index contributed by atoms with van der Waals surface area (Å²) < 4.78 is 22.8. The number of aliphatic imine (C=N–C) groups is 1. The van der Waals surface area contributed by atoms with Crippen LogP contribution in [0.3, 0.4) is 0 Å². The fourth-order valence-corrected chi connectivity index (χ4v) is 3.56. The number of aromatic nitrogens is 2. The van der Waals surface area contributed by atoms with E-state index >= 15 is 0 Å². The van der Waals surface area contributed by atoms with Crippen molar-refractivity contribution in [3.8, 4) is 0 Å². The van der Waals surface area contributed by atoms with Crippen molar-refractivity contribution >= 4 is 19.5 Å². The van der Waals surface area contributed by atoms with E-state index in [1.165, 1.54) is 0 Å². The van der Waals surface area contributed by atoms with Crippen LogP contribution in [0.1, 0.15) is 18.3 Å². The van der Waals surface area contributed by atoms with Gasteiger partial charge in [-0.25, -0.2) is 9.55 Å². The van der Waals surface area contributed by atoms with Crippen LogP contribution in [-0.4, -0.2) is 81.8 Å². The van der Waals surface area contributed by atoms with Crippen LogP contribution in [0.25, 0.3) is 0 Å². The lowest BCUT2D eigenvalue weighted by Crippen LogP contribution is -2.44. The van der Waals surface area contributed by atoms with Gasteiger partial charge in [-0.15, -0.1) is 0 Å². The zero-order valence-electron chi connectivity index (χ0n) is 14.2. The molecule has 0 radical (unpaired) electrons. The van der Waals surface area contributed by atoms with Gasteiger partial charge in [-0.2, -0.15) is 0 Å². The highest BCUT2D eigenvalue weighted by molar-refractivity contribution is 7.46. The number of anilines is 1. The number of amidine groups is 1. The van der Waals surface area contributed by atoms with Crippen molar-refractivity contribution in [2.24, 2.45) is 4.99 Å². The van der Waals surface area contributed by atoms with E-state index < -0.39 is 26.3 Å². The second-order valence-corrected chi connectivity index (χ2v) is 7.37. The molecule has 25 heavy (non-hydrogen) atoms. The van der Waals surface area contributed by atoms with E-state index in [1.54, 1.807) is 17.9 Å². The normalized spacial score (nSPS) is 28.7. The van der Waals surface area contributed by atoms with Gasteiger partial charge in [-0.1, -0.05) is 0 Å². The van der Waals surface area contributed by atoms with Gasteiger partial charge in [-0.3, -0.25) is 14.1 Å². The fraction of sp³-hybridized carbons (Fsp3) is 0.692. The molecular weight excluding hydrogens is 353 g/mol. The van der Waals surface area contributed by atoms with Crippen molar-refractivity contribution in [1.29, 1.82) is 0 Å². The minimum Gasteiger partial charge on any atom is -0.390 e. The molecule has 140 valence electrons. The molecule has 0 aliphatic carbocycles. The maximum Gasteiger partial charge on any atom is 0.469 e. The molecule has 0 amide bonds. The van der Waals surface area contributed by atoms with Crippen LogP contribution >= 0.6 is 7.82 Å². The highest BCUT2D eigenvalue weighted by Gasteiger charge is 2.39. The number of fused-ring (bicyclic) bond motifs is 1. The topological polar surface area (TPSA) is 133 Å². The van der Waals surface area contributed by atoms with Crippen LogP contribution in [0.5, 0.6) is 0 Å². The molecule has 0 bridgehead atoms. The van der Waals surface area contributed by atoms with E-state index in [-0.39, 0.29) is 13.0 Å². The first kappa shape index (κ1) is 18.3. The van der Waals surface area contributed by atoms with Gasteiger partial charge < -0.3 is 29.4 Å². The molecule has 2 aliphatic heterocycles. The summed E-state index contributed by atoms with van der Waals surface area (Å²) in [7, 11) is 0.926. The summed E-state index contributed by atoms with van der Waals surface area (Å²) in [6, 6.07) is 0. The Kier molecular flexibility index (Phi) is 4.89. The number of aliphatic hydroxyl groups excluding tert-OH is 1. The molecule has 0 saturated carbocycles. The highest BCUT2D eigenvalue weighted by Crippen LogP contribution is 2.39. The van der Waals surface area contributed by atoms with E-state index in [2.05, 4.69) is 14.5 Å². The Morgan fingerprint density at radius 2 is 2.16 bits per heavy atom. The van der Waals surface area contributed by atoms with Crippen LogP contribution in [0.15, 0.2) is 11.3 Å². The van der Waals surface area contributed by atoms with Gasteiger partial charge in [-0.05, 0) is 0 Å². The van der Waals surface area contributed by atoms with Gasteiger partial charge in [0.25, 0.3) is 0 Å². The minimum absolute atomic E-state index is 0.264. The molecule has 3 atom stereocenters. The van der Waals surface area contributed by atoms with E-state index in [1.807, 2.05) is 23.9 Å². The van der Waals surface area contributed by atoms with Gasteiger partial charge >= 0.3 is 7.82 Å². The molecule has 0 aromatic carbocycles. The number of hydrogen-bond acceptors (Lipinski definition) is 7. The molecule has 1 aromatic rings. The van der Waals surface area contributed by atoms with Crippen LogP contribution in [0.2, 0.25) is 0 Å². The quantitative estimate of drug-likeness (QED) is 0.588. The summed E-state index contributed by atoms with van der Waals surface area (Å²) in [5, 5.41) is 10.1. The SMILES string of the molecule is CN=C1c2ncn([C@H]3C[C@H](O)[C@@H](COP(=O)(O)O)O3)c2N(C)CN1C. The van der Waals surface area contributed by atoms with Gasteiger partial charge in [0.1, 0.15) is 23.8 Å². The molecule has 3 N–H and O–H groups in total.